The zero-order chi connectivity index (χ0) is 27.4. The Hall–Kier alpha value is -3.49. The summed E-state index contributed by atoms with van der Waals surface area (Å²) in [5.41, 5.74) is 2.30. The van der Waals surface area contributed by atoms with Crippen LogP contribution in [0, 0.1) is 0 Å². The van der Waals surface area contributed by atoms with Crippen LogP contribution in [-0.4, -0.2) is 56.4 Å². The normalized spacial score (nSPS) is 15.7. The van der Waals surface area contributed by atoms with E-state index in [0.29, 0.717) is 41.5 Å². The second-order valence-electron chi connectivity index (χ2n) is 8.65. The summed E-state index contributed by atoms with van der Waals surface area (Å²) in [6, 6.07) is 15.1. The molecule has 3 N–H and O–H groups in total. The summed E-state index contributed by atoms with van der Waals surface area (Å²) in [6.45, 7) is 2.44. The van der Waals surface area contributed by atoms with Gasteiger partial charge in [-0.25, -0.2) is 8.42 Å². The monoisotopic (exact) mass is 589 g/mol. The molecule has 0 unspecified atom stereocenters. The van der Waals surface area contributed by atoms with Gasteiger partial charge in [-0.15, -0.1) is 11.3 Å². The Labute approximate surface area is 233 Å². The van der Waals surface area contributed by atoms with E-state index >= 15 is 0 Å². The molecule has 0 radical (unpaired) electrons. The molecule has 1 atom stereocenters. The smallest absolute Gasteiger partial charge is 0.298 e. The molecule has 39 heavy (non-hydrogen) atoms. The third kappa shape index (κ3) is 6.23. The molecule has 4 aromatic rings. The van der Waals surface area contributed by atoms with Crippen LogP contribution < -0.4 is 20.1 Å². The lowest BCUT2D eigenvalue weighted by Gasteiger charge is -2.22. The SMILES string of the molecule is O=COc1cccc2c1c(NS(=O)(=O)c1ccc(Cl)s1)nn2Cc1cccc(CNC(=O)[C@@H]2COCCN2)c1. The molecule has 0 saturated carbocycles. The Balaban J connectivity index is 1.40. The molecule has 14 heteroatoms. The van der Waals surface area contributed by atoms with Gasteiger partial charge >= 0.3 is 0 Å². The fourth-order valence-corrected chi connectivity index (χ4v) is 6.71. The van der Waals surface area contributed by atoms with Crippen molar-refractivity contribution in [2.75, 3.05) is 24.5 Å². The highest BCUT2D eigenvalue weighted by Crippen LogP contribution is 2.35. The lowest BCUT2D eigenvalue weighted by molar-refractivity contribution is -0.126. The van der Waals surface area contributed by atoms with Crippen LogP contribution in [0.15, 0.2) is 58.8 Å². The maximum atomic E-state index is 13.0. The van der Waals surface area contributed by atoms with Crippen molar-refractivity contribution in [1.29, 1.82) is 0 Å². The number of carbonyl (C=O) groups is 2. The van der Waals surface area contributed by atoms with E-state index in [1.54, 1.807) is 22.9 Å². The second kappa shape index (κ2) is 11.7. The first-order valence-electron chi connectivity index (χ1n) is 11.9. The molecule has 11 nitrogen and oxygen atoms in total. The van der Waals surface area contributed by atoms with Crippen LogP contribution in [0.3, 0.4) is 0 Å². The highest BCUT2D eigenvalue weighted by atomic mass is 35.5. The second-order valence-corrected chi connectivity index (χ2v) is 12.3. The van der Waals surface area contributed by atoms with Crippen LogP contribution in [0.1, 0.15) is 11.1 Å². The van der Waals surface area contributed by atoms with Crippen molar-refractivity contribution in [2.24, 2.45) is 0 Å². The zero-order valence-corrected chi connectivity index (χ0v) is 22.8. The van der Waals surface area contributed by atoms with Gasteiger partial charge in [0.25, 0.3) is 16.5 Å². The van der Waals surface area contributed by atoms with Gasteiger partial charge in [-0.05, 0) is 35.4 Å². The zero-order valence-electron chi connectivity index (χ0n) is 20.4. The molecular formula is C25H24ClN5O6S2. The minimum Gasteiger partial charge on any atom is -0.428 e. The number of halogens is 1. The Morgan fingerprint density at radius 1 is 1.23 bits per heavy atom. The number of hydrogen-bond donors (Lipinski definition) is 3. The van der Waals surface area contributed by atoms with E-state index in [0.717, 1.165) is 22.5 Å². The van der Waals surface area contributed by atoms with E-state index in [1.807, 2.05) is 24.3 Å². The standard InChI is InChI=1S/C25H24ClN5O6S2/c26-21-7-8-22(38-21)39(34,35)30-24-23-19(5-2-6-20(23)37-15-32)31(29-24)13-17-4-1-3-16(11-17)12-28-25(33)18-14-36-10-9-27-18/h1-8,11,15,18,27H,9-10,12-14H2,(H,28,33)(H,29,30)/t18-/m0/s1. The number of nitrogens with one attached hydrogen (secondary N) is 3. The van der Waals surface area contributed by atoms with Gasteiger partial charge < -0.3 is 20.1 Å². The number of anilines is 1. The van der Waals surface area contributed by atoms with Crippen LogP contribution in [-0.2, 0) is 37.4 Å². The summed E-state index contributed by atoms with van der Waals surface area (Å²) in [6.07, 6.45) is 0. The first-order valence-corrected chi connectivity index (χ1v) is 14.6. The molecule has 1 fully saturated rings. The fraction of sp³-hybridized carbons (Fsp3) is 0.240. The number of nitrogens with zero attached hydrogens (tertiary/aromatic N) is 2. The van der Waals surface area contributed by atoms with E-state index in [-0.39, 0.29) is 40.7 Å². The number of benzene rings is 2. The topological polar surface area (TPSA) is 141 Å². The number of hydrogen-bond acceptors (Lipinski definition) is 9. The first kappa shape index (κ1) is 27.1. The van der Waals surface area contributed by atoms with E-state index in [2.05, 4.69) is 20.5 Å². The van der Waals surface area contributed by atoms with Crippen molar-refractivity contribution < 1.29 is 27.5 Å². The number of morpholine rings is 1. The summed E-state index contributed by atoms with van der Waals surface area (Å²) in [5.74, 6) is 0.0369. The van der Waals surface area contributed by atoms with Gasteiger partial charge in [-0.2, -0.15) is 5.10 Å². The summed E-state index contributed by atoms with van der Waals surface area (Å²) in [4.78, 5) is 23.6. The van der Waals surface area contributed by atoms with Crippen LogP contribution >= 0.6 is 22.9 Å². The van der Waals surface area contributed by atoms with Gasteiger partial charge in [0.2, 0.25) is 5.91 Å². The average Bonchev–Trinajstić information content (AvgIpc) is 3.52. The highest BCUT2D eigenvalue weighted by Gasteiger charge is 2.24. The molecule has 204 valence electrons. The van der Waals surface area contributed by atoms with E-state index in [9.17, 15) is 18.0 Å². The largest absolute Gasteiger partial charge is 0.428 e. The number of amides is 1. The van der Waals surface area contributed by atoms with Crippen LogP contribution in [0.2, 0.25) is 4.34 Å². The quantitative estimate of drug-likeness (QED) is 0.240. The summed E-state index contributed by atoms with van der Waals surface area (Å²) in [7, 11) is -4.00. The summed E-state index contributed by atoms with van der Waals surface area (Å²) >= 11 is 6.85. The fourth-order valence-electron chi connectivity index (χ4n) is 4.22. The maximum Gasteiger partial charge on any atom is 0.298 e. The predicted octanol–water partition coefficient (Wildman–Crippen LogP) is 2.74. The first-order chi connectivity index (χ1) is 18.8. The molecule has 5 rings (SSSR count). The number of thiophene rings is 1. The van der Waals surface area contributed by atoms with Crippen molar-refractivity contribution in [3.8, 4) is 5.75 Å². The Morgan fingerprint density at radius 2 is 2.05 bits per heavy atom. The predicted molar refractivity (Wildman–Crippen MR) is 147 cm³/mol. The molecule has 1 saturated heterocycles. The number of sulfonamides is 1. The highest BCUT2D eigenvalue weighted by molar-refractivity contribution is 7.94. The lowest BCUT2D eigenvalue weighted by Crippen LogP contribution is -2.51. The van der Waals surface area contributed by atoms with E-state index < -0.39 is 10.0 Å². The van der Waals surface area contributed by atoms with Crippen molar-refractivity contribution in [2.45, 2.75) is 23.3 Å². The third-order valence-electron chi connectivity index (χ3n) is 5.99. The number of rotatable bonds is 10. The van der Waals surface area contributed by atoms with Crippen LogP contribution in [0.25, 0.3) is 10.9 Å². The molecule has 3 heterocycles. The molecule has 0 aliphatic carbocycles. The maximum absolute atomic E-state index is 13.0. The van der Waals surface area contributed by atoms with Crippen molar-refractivity contribution in [3.05, 3.63) is 70.1 Å². The van der Waals surface area contributed by atoms with Crippen LogP contribution in [0.5, 0.6) is 5.75 Å². The van der Waals surface area contributed by atoms with Crippen LogP contribution in [0.4, 0.5) is 5.82 Å². The molecule has 0 spiro atoms. The van der Waals surface area contributed by atoms with E-state index in [1.165, 1.54) is 12.1 Å². The van der Waals surface area contributed by atoms with Gasteiger partial charge in [0.15, 0.2) is 5.82 Å². The molecule has 2 aromatic heterocycles. The van der Waals surface area contributed by atoms with Gasteiger partial charge in [0.1, 0.15) is 16.0 Å². The number of ether oxygens (including phenoxy) is 2. The molecule has 1 aliphatic heterocycles. The van der Waals surface area contributed by atoms with Gasteiger partial charge in [-0.1, -0.05) is 41.9 Å². The molecular weight excluding hydrogens is 566 g/mol. The van der Waals surface area contributed by atoms with Crippen molar-refractivity contribution >= 4 is 62.1 Å². The van der Waals surface area contributed by atoms with Crippen molar-refractivity contribution in [1.82, 2.24) is 20.4 Å². The minimum atomic E-state index is -4.00. The Morgan fingerprint density at radius 3 is 2.79 bits per heavy atom. The molecule has 1 aliphatic rings. The Bertz CT molecular complexity index is 1610. The number of fused-ring (bicyclic) bond motifs is 1. The Kier molecular flexibility index (Phi) is 8.14. The lowest BCUT2D eigenvalue weighted by atomic mass is 10.1. The number of aromatic nitrogens is 2. The van der Waals surface area contributed by atoms with Gasteiger partial charge in [0.05, 0.1) is 35.0 Å². The third-order valence-corrected chi connectivity index (χ3v) is 9.05. The average molecular weight is 590 g/mol. The molecule has 0 bridgehead atoms. The summed E-state index contributed by atoms with van der Waals surface area (Å²) in [5, 5.41) is 10.9. The summed E-state index contributed by atoms with van der Waals surface area (Å²) < 4.78 is 41.0. The minimum absolute atomic E-state index is 0.0117. The van der Waals surface area contributed by atoms with Gasteiger partial charge in [-0.3, -0.25) is 19.0 Å². The van der Waals surface area contributed by atoms with Gasteiger partial charge in [0, 0.05) is 13.1 Å². The molecule has 1 amide bonds. The molecule has 2 aromatic carbocycles. The van der Waals surface area contributed by atoms with E-state index in [4.69, 9.17) is 21.1 Å². The van der Waals surface area contributed by atoms with Crippen molar-refractivity contribution in [3.63, 3.8) is 0 Å². The number of carbonyl (C=O) groups excluding carboxylic acids is 2.